The highest BCUT2D eigenvalue weighted by Gasteiger charge is 2.25. The van der Waals surface area contributed by atoms with Gasteiger partial charge in [0.05, 0.1) is 10.5 Å². The summed E-state index contributed by atoms with van der Waals surface area (Å²) in [5.41, 5.74) is 1.68. The fourth-order valence-corrected chi connectivity index (χ4v) is 2.73. The molecule has 2 aromatic rings. The van der Waals surface area contributed by atoms with Crippen LogP contribution in [0, 0.1) is 0 Å². The fourth-order valence-electron chi connectivity index (χ4n) is 2.07. The molecule has 1 aliphatic heterocycles. The first-order valence-corrected chi connectivity index (χ1v) is 7.12. The summed E-state index contributed by atoms with van der Waals surface area (Å²) in [7, 11) is 0. The van der Waals surface area contributed by atoms with Crippen molar-refractivity contribution in [2.75, 3.05) is 0 Å². The van der Waals surface area contributed by atoms with Gasteiger partial charge in [0.2, 0.25) is 0 Å². The normalized spacial score (nSPS) is 16.1. The number of hydrogen-bond acceptors (Lipinski definition) is 4. The minimum absolute atomic E-state index is 0.201. The number of aromatic nitrogens is 1. The Morgan fingerprint density at radius 2 is 1.91 bits per heavy atom. The summed E-state index contributed by atoms with van der Waals surface area (Å²) >= 11 is 0.853. The summed E-state index contributed by atoms with van der Waals surface area (Å²) in [5.74, 6) is -1.40. The molecule has 2 amide bonds. The van der Waals surface area contributed by atoms with Crippen molar-refractivity contribution < 1.29 is 19.5 Å². The number of benzene rings is 1. The molecule has 0 saturated carbocycles. The van der Waals surface area contributed by atoms with Gasteiger partial charge >= 0.3 is 5.97 Å². The predicted molar refractivity (Wildman–Crippen MR) is 81.8 cm³/mol. The monoisotopic (exact) mass is 314 g/mol. The highest BCUT2D eigenvalue weighted by atomic mass is 32.2. The molecule has 22 heavy (non-hydrogen) atoms. The average Bonchev–Trinajstić information content (AvgIpc) is 3.06. The van der Waals surface area contributed by atoms with Crippen LogP contribution in [0.15, 0.2) is 47.5 Å². The molecule has 0 unspecified atom stereocenters. The van der Waals surface area contributed by atoms with E-state index in [2.05, 4.69) is 5.32 Å². The lowest BCUT2D eigenvalue weighted by atomic mass is 10.2. The summed E-state index contributed by atoms with van der Waals surface area (Å²) < 4.78 is 1.80. The summed E-state index contributed by atoms with van der Waals surface area (Å²) in [5, 5.41) is 10.7. The van der Waals surface area contributed by atoms with E-state index in [1.165, 1.54) is 12.1 Å². The van der Waals surface area contributed by atoms with Gasteiger partial charge in [-0.05, 0) is 54.2 Å². The van der Waals surface area contributed by atoms with Gasteiger partial charge in [-0.25, -0.2) is 4.79 Å². The first-order valence-electron chi connectivity index (χ1n) is 6.30. The zero-order chi connectivity index (χ0) is 15.7. The van der Waals surface area contributed by atoms with Gasteiger partial charge in [0.1, 0.15) is 0 Å². The van der Waals surface area contributed by atoms with Crippen LogP contribution in [-0.4, -0.2) is 26.8 Å². The third kappa shape index (κ3) is 2.66. The van der Waals surface area contributed by atoms with E-state index in [0.29, 0.717) is 4.91 Å². The second-order valence-corrected chi connectivity index (χ2v) is 5.52. The third-order valence-electron chi connectivity index (χ3n) is 3.09. The number of thioether (sulfide) groups is 1. The molecular formula is C15H10N2O4S. The molecule has 0 spiro atoms. The Bertz CT molecular complexity index is 805. The Morgan fingerprint density at radius 3 is 2.50 bits per heavy atom. The van der Waals surface area contributed by atoms with Crippen LogP contribution in [0.3, 0.4) is 0 Å². The van der Waals surface area contributed by atoms with E-state index in [9.17, 15) is 14.4 Å². The number of carbonyl (C=O) groups excluding carboxylic acids is 2. The van der Waals surface area contributed by atoms with Gasteiger partial charge in [-0.3, -0.25) is 14.9 Å². The van der Waals surface area contributed by atoms with E-state index in [1.54, 1.807) is 41.1 Å². The van der Waals surface area contributed by atoms with E-state index in [4.69, 9.17) is 5.11 Å². The standard InChI is InChI=1S/C15H10N2O4S/c18-13-12(22-15(21)16-13)8-11-2-1-7-17(11)10-5-3-9(4-6-10)14(19)20/h1-8H,(H,19,20)(H,16,18,21). The number of carboxylic acids is 1. The Hall–Kier alpha value is -2.80. The molecule has 0 atom stereocenters. The molecule has 1 aromatic heterocycles. The van der Waals surface area contributed by atoms with Gasteiger partial charge in [0.15, 0.2) is 0 Å². The van der Waals surface area contributed by atoms with E-state index in [0.717, 1.165) is 23.1 Å². The Balaban J connectivity index is 1.95. The molecule has 7 heteroatoms. The lowest BCUT2D eigenvalue weighted by Gasteiger charge is -2.07. The van der Waals surface area contributed by atoms with Crippen LogP contribution < -0.4 is 5.32 Å². The van der Waals surface area contributed by atoms with Crippen LogP contribution in [-0.2, 0) is 4.79 Å². The lowest BCUT2D eigenvalue weighted by Crippen LogP contribution is -2.17. The molecule has 2 heterocycles. The SMILES string of the molecule is O=C1NC(=O)C(=Cc2cccn2-c2ccc(C(=O)O)cc2)S1. The number of rotatable bonds is 3. The van der Waals surface area contributed by atoms with Crippen molar-refractivity contribution in [3.05, 3.63) is 58.8 Å². The molecule has 1 saturated heterocycles. The number of nitrogens with one attached hydrogen (secondary N) is 1. The topological polar surface area (TPSA) is 88.4 Å². The number of amides is 2. The van der Waals surface area contributed by atoms with Crippen molar-refractivity contribution in [2.24, 2.45) is 0 Å². The van der Waals surface area contributed by atoms with Gasteiger partial charge in [-0.15, -0.1) is 0 Å². The molecule has 0 aliphatic carbocycles. The molecule has 1 aliphatic rings. The molecular weight excluding hydrogens is 304 g/mol. The molecule has 1 fully saturated rings. The van der Waals surface area contributed by atoms with Crippen molar-refractivity contribution in [1.29, 1.82) is 0 Å². The van der Waals surface area contributed by atoms with Gasteiger partial charge in [0, 0.05) is 17.6 Å². The lowest BCUT2D eigenvalue weighted by molar-refractivity contribution is -0.115. The second kappa shape index (κ2) is 5.53. The first-order chi connectivity index (χ1) is 10.5. The number of imide groups is 1. The average molecular weight is 314 g/mol. The molecule has 0 radical (unpaired) electrons. The van der Waals surface area contributed by atoms with Crippen LogP contribution in [0.5, 0.6) is 0 Å². The minimum Gasteiger partial charge on any atom is -0.478 e. The van der Waals surface area contributed by atoms with Crippen molar-refractivity contribution in [3.8, 4) is 5.69 Å². The largest absolute Gasteiger partial charge is 0.478 e. The number of aromatic carboxylic acids is 1. The van der Waals surface area contributed by atoms with Crippen LogP contribution in [0.25, 0.3) is 11.8 Å². The summed E-state index contributed by atoms with van der Waals surface area (Å²) in [6.45, 7) is 0. The Kier molecular flexibility index (Phi) is 3.56. The number of hydrogen-bond donors (Lipinski definition) is 2. The highest BCUT2D eigenvalue weighted by molar-refractivity contribution is 8.18. The predicted octanol–water partition coefficient (Wildman–Crippen LogP) is 2.50. The number of nitrogens with zero attached hydrogens (tertiary/aromatic N) is 1. The quantitative estimate of drug-likeness (QED) is 0.850. The van der Waals surface area contributed by atoms with E-state index in [1.807, 2.05) is 0 Å². The van der Waals surface area contributed by atoms with Crippen LogP contribution in [0.4, 0.5) is 4.79 Å². The van der Waals surface area contributed by atoms with Crippen molar-refractivity contribution in [2.45, 2.75) is 0 Å². The van der Waals surface area contributed by atoms with Crippen molar-refractivity contribution >= 4 is 35.0 Å². The van der Waals surface area contributed by atoms with Crippen molar-refractivity contribution in [1.82, 2.24) is 9.88 Å². The molecule has 2 N–H and O–H groups in total. The van der Waals surface area contributed by atoms with Gasteiger partial charge < -0.3 is 9.67 Å². The zero-order valence-corrected chi connectivity index (χ0v) is 12.0. The maximum atomic E-state index is 11.6. The van der Waals surface area contributed by atoms with Gasteiger partial charge in [0.25, 0.3) is 11.1 Å². The van der Waals surface area contributed by atoms with Gasteiger partial charge in [-0.1, -0.05) is 0 Å². The van der Waals surface area contributed by atoms with Crippen LogP contribution in [0.2, 0.25) is 0 Å². The third-order valence-corrected chi connectivity index (χ3v) is 3.90. The van der Waals surface area contributed by atoms with E-state index < -0.39 is 11.9 Å². The number of carbonyl (C=O) groups is 3. The summed E-state index contributed by atoms with van der Waals surface area (Å²) in [4.78, 5) is 34.0. The first kappa shape index (κ1) is 14.2. The highest BCUT2D eigenvalue weighted by Crippen LogP contribution is 2.26. The molecule has 1 aromatic carbocycles. The Morgan fingerprint density at radius 1 is 1.18 bits per heavy atom. The Labute approximate surface area is 129 Å². The molecule has 110 valence electrons. The molecule has 3 rings (SSSR count). The fraction of sp³-hybridized carbons (Fsp3) is 0. The van der Waals surface area contributed by atoms with Crippen molar-refractivity contribution in [3.63, 3.8) is 0 Å². The minimum atomic E-state index is -0.987. The second-order valence-electron chi connectivity index (χ2n) is 4.51. The molecule has 0 bridgehead atoms. The van der Waals surface area contributed by atoms with E-state index in [-0.39, 0.29) is 10.8 Å². The zero-order valence-electron chi connectivity index (χ0n) is 11.1. The number of carboxylic acid groups (broad SMARTS) is 1. The maximum Gasteiger partial charge on any atom is 0.335 e. The van der Waals surface area contributed by atoms with Gasteiger partial charge in [-0.2, -0.15) is 0 Å². The van der Waals surface area contributed by atoms with E-state index >= 15 is 0 Å². The van der Waals surface area contributed by atoms with Crippen LogP contribution in [0.1, 0.15) is 16.1 Å². The summed E-state index contributed by atoms with van der Waals surface area (Å²) in [6.07, 6.45) is 3.41. The van der Waals surface area contributed by atoms with Crippen LogP contribution >= 0.6 is 11.8 Å². The summed E-state index contributed by atoms with van der Waals surface area (Å²) in [6, 6.07) is 9.98. The molecule has 6 nitrogen and oxygen atoms in total. The smallest absolute Gasteiger partial charge is 0.335 e. The maximum absolute atomic E-state index is 11.6.